The van der Waals surface area contributed by atoms with E-state index in [-0.39, 0.29) is 35.1 Å². The third-order valence-electron chi connectivity index (χ3n) is 5.02. The van der Waals surface area contributed by atoms with Crippen LogP contribution < -0.4 is 4.72 Å². The monoisotopic (exact) mass is 394 g/mol. The van der Waals surface area contributed by atoms with Gasteiger partial charge in [-0.1, -0.05) is 13.0 Å². The number of carbonyl (C=O) groups excluding carboxylic acids is 2. The van der Waals surface area contributed by atoms with Crippen LogP contribution in [-0.4, -0.2) is 50.4 Å². The Morgan fingerprint density at radius 3 is 2.70 bits per heavy atom. The van der Waals surface area contributed by atoms with E-state index >= 15 is 0 Å². The first-order chi connectivity index (χ1) is 12.9. The molecule has 148 valence electrons. The van der Waals surface area contributed by atoms with Gasteiger partial charge in [0.25, 0.3) is 5.91 Å². The molecule has 8 heteroatoms. The summed E-state index contributed by atoms with van der Waals surface area (Å²) in [4.78, 5) is 26.5. The molecule has 2 fully saturated rings. The molecule has 0 radical (unpaired) electrons. The van der Waals surface area contributed by atoms with Crippen molar-refractivity contribution in [2.45, 2.75) is 62.4 Å². The van der Waals surface area contributed by atoms with E-state index in [1.807, 2.05) is 6.92 Å². The van der Waals surface area contributed by atoms with Gasteiger partial charge in [-0.3, -0.25) is 4.79 Å². The summed E-state index contributed by atoms with van der Waals surface area (Å²) in [5, 5.41) is 0. The van der Waals surface area contributed by atoms with Crippen LogP contribution in [0.15, 0.2) is 29.2 Å². The van der Waals surface area contributed by atoms with Gasteiger partial charge in [0.2, 0.25) is 10.0 Å². The molecule has 1 saturated carbocycles. The highest BCUT2D eigenvalue weighted by atomic mass is 32.2. The molecule has 1 aliphatic carbocycles. The second kappa shape index (κ2) is 8.39. The van der Waals surface area contributed by atoms with Gasteiger partial charge in [-0.2, -0.15) is 0 Å². The molecule has 7 nitrogen and oxygen atoms in total. The molecule has 1 amide bonds. The number of carbonyl (C=O) groups is 2. The quantitative estimate of drug-likeness (QED) is 0.715. The van der Waals surface area contributed by atoms with E-state index in [1.165, 1.54) is 24.3 Å². The summed E-state index contributed by atoms with van der Waals surface area (Å²) in [5.74, 6) is -0.897. The smallest absolute Gasteiger partial charge is 0.338 e. The Hall–Kier alpha value is -1.93. The Kier molecular flexibility index (Phi) is 6.16. The maximum Gasteiger partial charge on any atom is 0.338 e. The summed E-state index contributed by atoms with van der Waals surface area (Å²) in [5.41, 5.74) is 0.118. The lowest BCUT2D eigenvalue weighted by Crippen LogP contribution is -2.45. The van der Waals surface area contributed by atoms with Crippen molar-refractivity contribution in [3.05, 3.63) is 29.8 Å². The first kappa shape index (κ1) is 19.8. The lowest BCUT2D eigenvalue weighted by atomic mass is 10.00. The zero-order valence-electron chi connectivity index (χ0n) is 15.5. The number of likely N-dealkylation sites (tertiary alicyclic amines) is 1. The SMILES string of the molecule is CCC1CCCCN1C(=O)COC(=O)c1cccc(S(=O)(=O)NC2CC2)c1. The minimum absolute atomic E-state index is 0.0146. The van der Waals surface area contributed by atoms with Gasteiger partial charge < -0.3 is 9.64 Å². The molecule has 1 atom stereocenters. The van der Waals surface area contributed by atoms with Crippen molar-refractivity contribution >= 4 is 21.9 Å². The number of rotatable bonds is 7. The van der Waals surface area contributed by atoms with Crippen molar-refractivity contribution in [3.8, 4) is 0 Å². The number of ether oxygens (including phenoxy) is 1. The first-order valence-electron chi connectivity index (χ1n) is 9.49. The minimum atomic E-state index is -3.65. The van der Waals surface area contributed by atoms with Crippen molar-refractivity contribution in [3.63, 3.8) is 0 Å². The highest BCUT2D eigenvalue weighted by molar-refractivity contribution is 7.89. The van der Waals surface area contributed by atoms with Gasteiger partial charge in [-0.15, -0.1) is 0 Å². The molecule has 1 heterocycles. The largest absolute Gasteiger partial charge is 0.452 e. The first-order valence-corrected chi connectivity index (χ1v) is 11.0. The fourth-order valence-electron chi connectivity index (χ4n) is 3.33. The third-order valence-corrected chi connectivity index (χ3v) is 6.54. The van der Waals surface area contributed by atoms with E-state index < -0.39 is 16.0 Å². The number of amides is 1. The molecule has 0 spiro atoms. The van der Waals surface area contributed by atoms with Crippen molar-refractivity contribution < 1.29 is 22.7 Å². The van der Waals surface area contributed by atoms with Gasteiger partial charge in [0.1, 0.15) is 0 Å². The molecule has 1 N–H and O–H groups in total. The van der Waals surface area contributed by atoms with Gasteiger partial charge in [-0.05, 0) is 56.7 Å². The van der Waals surface area contributed by atoms with Crippen LogP contribution in [0.3, 0.4) is 0 Å². The molecule has 1 aromatic carbocycles. The van der Waals surface area contributed by atoms with Crippen LogP contribution in [0.2, 0.25) is 0 Å². The molecule has 1 aliphatic heterocycles. The number of benzene rings is 1. The van der Waals surface area contributed by atoms with Gasteiger partial charge >= 0.3 is 5.97 Å². The Morgan fingerprint density at radius 2 is 2.00 bits per heavy atom. The van der Waals surface area contributed by atoms with E-state index in [2.05, 4.69) is 4.72 Å². The summed E-state index contributed by atoms with van der Waals surface area (Å²) in [6.07, 6.45) is 5.59. The van der Waals surface area contributed by atoms with Crippen LogP contribution in [0, 0.1) is 0 Å². The van der Waals surface area contributed by atoms with Crippen molar-refractivity contribution in [1.29, 1.82) is 0 Å². The summed E-state index contributed by atoms with van der Waals surface area (Å²) in [6, 6.07) is 5.89. The molecular formula is C19H26N2O5S. The van der Waals surface area contributed by atoms with Crippen molar-refractivity contribution in [2.24, 2.45) is 0 Å². The summed E-state index contributed by atoms with van der Waals surface area (Å²) in [6.45, 7) is 2.41. The van der Waals surface area contributed by atoms with E-state index in [1.54, 1.807) is 4.90 Å². The molecule has 1 unspecified atom stereocenters. The molecule has 3 rings (SSSR count). The number of nitrogens with zero attached hydrogens (tertiary/aromatic N) is 1. The molecule has 0 aromatic heterocycles. The zero-order valence-corrected chi connectivity index (χ0v) is 16.3. The Morgan fingerprint density at radius 1 is 1.22 bits per heavy atom. The summed E-state index contributed by atoms with van der Waals surface area (Å²) < 4.78 is 32.3. The Balaban J connectivity index is 1.61. The average molecular weight is 394 g/mol. The molecule has 27 heavy (non-hydrogen) atoms. The number of esters is 1. The van der Waals surface area contributed by atoms with Gasteiger partial charge in [0, 0.05) is 18.6 Å². The molecular weight excluding hydrogens is 368 g/mol. The number of piperidine rings is 1. The van der Waals surface area contributed by atoms with Crippen LogP contribution in [0.1, 0.15) is 55.8 Å². The van der Waals surface area contributed by atoms with Crippen LogP contribution in [0.5, 0.6) is 0 Å². The topological polar surface area (TPSA) is 92.8 Å². The van der Waals surface area contributed by atoms with Crippen molar-refractivity contribution in [2.75, 3.05) is 13.2 Å². The van der Waals surface area contributed by atoms with E-state index in [0.717, 1.165) is 38.5 Å². The fraction of sp³-hybridized carbons (Fsp3) is 0.579. The third kappa shape index (κ3) is 5.07. The Bertz CT molecular complexity index is 804. The van der Waals surface area contributed by atoms with Gasteiger partial charge in [0.15, 0.2) is 6.61 Å². The van der Waals surface area contributed by atoms with Crippen LogP contribution >= 0.6 is 0 Å². The van der Waals surface area contributed by atoms with Crippen LogP contribution in [-0.2, 0) is 19.6 Å². The standard InChI is InChI=1S/C19H26N2O5S/c1-2-16-7-3-4-11-21(16)18(22)13-26-19(23)14-6-5-8-17(12-14)27(24,25)20-15-9-10-15/h5-6,8,12,15-16,20H,2-4,7,9-11,13H2,1H3. The maximum absolute atomic E-state index is 12.4. The van der Waals surface area contributed by atoms with E-state index in [9.17, 15) is 18.0 Å². The lowest BCUT2D eigenvalue weighted by Gasteiger charge is -2.35. The summed E-state index contributed by atoms with van der Waals surface area (Å²) in [7, 11) is -3.65. The van der Waals surface area contributed by atoms with Crippen molar-refractivity contribution in [1.82, 2.24) is 9.62 Å². The number of nitrogens with one attached hydrogen (secondary N) is 1. The number of hydrogen-bond acceptors (Lipinski definition) is 5. The molecule has 1 saturated heterocycles. The maximum atomic E-state index is 12.4. The minimum Gasteiger partial charge on any atom is -0.452 e. The van der Waals surface area contributed by atoms with Crippen LogP contribution in [0.25, 0.3) is 0 Å². The predicted octanol–water partition coefficient (Wildman–Crippen LogP) is 2.08. The molecule has 2 aliphatic rings. The van der Waals surface area contributed by atoms with E-state index in [0.29, 0.717) is 6.54 Å². The highest BCUT2D eigenvalue weighted by Crippen LogP contribution is 2.23. The predicted molar refractivity (Wildman–Crippen MR) is 99.7 cm³/mol. The molecule has 1 aromatic rings. The van der Waals surface area contributed by atoms with Gasteiger partial charge in [0.05, 0.1) is 10.5 Å². The van der Waals surface area contributed by atoms with E-state index in [4.69, 9.17) is 4.74 Å². The average Bonchev–Trinajstić information content (AvgIpc) is 3.49. The second-order valence-corrected chi connectivity index (χ2v) is 8.86. The zero-order chi connectivity index (χ0) is 19.4. The van der Waals surface area contributed by atoms with Gasteiger partial charge in [-0.25, -0.2) is 17.9 Å². The van der Waals surface area contributed by atoms with Crippen LogP contribution in [0.4, 0.5) is 0 Å². The normalized spacial score (nSPS) is 20.3. The lowest BCUT2D eigenvalue weighted by molar-refractivity contribution is -0.138. The number of hydrogen-bond donors (Lipinski definition) is 1. The fourth-order valence-corrected chi connectivity index (χ4v) is 4.68. The Labute approximate surface area is 160 Å². The molecule has 0 bridgehead atoms. The number of sulfonamides is 1. The highest BCUT2D eigenvalue weighted by Gasteiger charge is 2.29. The summed E-state index contributed by atoms with van der Waals surface area (Å²) >= 11 is 0. The second-order valence-electron chi connectivity index (χ2n) is 7.14.